The Balaban J connectivity index is 2.21. The second kappa shape index (κ2) is 9.97. The number of fused-ring (bicyclic) bond motifs is 1. The van der Waals surface area contributed by atoms with Gasteiger partial charge in [-0.05, 0) is 44.4 Å². The standard InChI is InChI=1S/C23H29FN2/c1-5-7-8-11-18(3)13-14-21(10-6-2)26(4)22-17-20(24)16-19-12-9-15-25-23(19)22/h6,9-10,12,15-18,21H,5,7,13-14H2,1-4H3/b10-6+. The van der Waals surface area contributed by atoms with Crippen molar-refractivity contribution in [2.75, 3.05) is 11.9 Å². The fourth-order valence-electron chi connectivity index (χ4n) is 3.09. The van der Waals surface area contributed by atoms with Gasteiger partial charge in [-0.3, -0.25) is 4.98 Å². The molecule has 0 aliphatic heterocycles. The van der Waals surface area contributed by atoms with E-state index in [4.69, 9.17) is 0 Å². The molecule has 0 aliphatic rings. The number of likely N-dealkylation sites (N-methyl/N-ethyl adjacent to an activating group) is 1. The van der Waals surface area contributed by atoms with E-state index < -0.39 is 0 Å². The van der Waals surface area contributed by atoms with Crippen LogP contribution >= 0.6 is 0 Å². The molecule has 26 heavy (non-hydrogen) atoms. The summed E-state index contributed by atoms with van der Waals surface area (Å²) in [5.41, 5.74) is 1.66. The van der Waals surface area contributed by atoms with Crippen molar-refractivity contribution in [3.8, 4) is 11.8 Å². The van der Waals surface area contributed by atoms with Gasteiger partial charge in [0.2, 0.25) is 0 Å². The number of hydrogen-bond acceptors (Lipinski definition) is 2. The fourth-order valence-corrected chi connectivity index (χ4v) is 3.09. The van der Waals surface area contributed by atoms with Gasteiger partial charge in [0.15, 0.2) is 0 Å². The van der Waals surface area contributed by atoms with Gasteiger partial charge in [0.1, 0.15) is 5.82 Å². The summed E-state index contributed by atoms with van der Waals surface area (Å²) < 4.78 is 14.1. The summed E-state index contributed by atoms with van der Waals surface area (Å²) in [6.45, 7) is 6.34. The Morgan fingerprint density at radius 1 is 1.31 bits per heavy atom. The highest BCUT2D eigenvalue weighted by Crippen LogP contribution is 2.28. The molecule has 138 valence electrons. The van der Waals surface area contributed by atoms with E-state index in [0.717, 1.165) is 42.3 Å². The van der Waals surface area contributed by atoms with Crippen LogP contribution in [0.5, 0.6) is 0 Å². The molecule has 0 bridgehead atoms. The maximum absolute atomic E-state index is 14.1. The minimum atomic E-state index is -0.231. The van der Waals surface area contributed by atoms with Crippen molar-refractivity contribution in [1.29, 1.82) is 0 Å². The molecular formula is C23H29FN2. The van der Waals surface area contributed by atoms with E-state index in [1.54, 1.807) is 12.3 Å². The van der Waals surface area contributed by atoms with Crippen LogP contribution in [0.4, 0.5) is 10.1 Å². The van der Waals surface area contributed by atoms with Crippen LogP contribution in [0.3, 0.4) is 0 Å². The second-order valence-electron chi connectivity index (χ2n) is 6.75. The van der Waals surface area contributed by atoms with Gasteiger partial charge >= 0.3 is 0 Å². The molecule has 2 nitrogen and oxygen atoms in total. The number of unbranched alkanes of at least 4 members (excludes halogenated alkanes) is 1. The van der Waals surface area contributed by atoms with Crippen LogP contribution in [0.1, 0.15) is 46.5 Å². The zero-order valence-corrected chi connectivity index (χ0v) is 16.3. The fraction of sp³-hybridized carbons (Fsp3) is 0.435. The van der Waals surface area contributed by atoms with Crippen molar-refractivity contribution in [2.45, 2.75) is 52.5 Å². The van der Waals surface area contributed by atoms with Gasteiger partial charge < -0.3 is 4.90 Å². The summed E-state index contributed by atoms with van der Waals surface area (Å²) >= 11 is 0. The van der Waals surface area contributed by atoms with E-state index in [9.17, 15) is 4.39 Å². The van der Waals surface area contributed by atoms with Crippen LogP contribution in [0.2, 0.25) is 0 Å². The predicted molar refractivity (Wildman–Crippen MR) is 110 cm³/mol. The topological polar surface area (TPSA) is 16.1 Å². The molecule has 1 aromatic carbocycles. The average molecular weight is 352 g/mol. The third kappa shape index (κ3) is 5.33. The number of anilines is 1. The monoisotopic (exact) mass is 352 g/mol. The SMILES string of the molecule is C/C=C/C(CCC(C)C#CCCC)N(C)c1cc(F)cc2cccnc12. The van der Waals surface area contributed by atoms with Crippen LogP contribution in [-0.4, -0.2) is 18.1 Å². The lowest BCUT2D eigenvalue weighted by Gasteiger charge is -2.29. The highest BCUT2D eigenvalue weighted by atomic mass is 19.1. The molecule has 0 spiro atoms. The van der Waals surface area contributed by atoms with Crippen molar-refractivity contribution in [3.05, 3.63) is 48.4 Å². The molecule has 0 radical (unpaired) electrons. The normalized spacial score (nSPS) is 13.4. The average Bonchev–Trinajstić information content (AvgIpc) is 2.64. The number of aromatic nitrogens is 1. The molecule has 0 saturated heterocycles. The highest BCUT2D eigenvalue weighted by molar-refractivity contribution is 5.90. The third-order valence-electron chi connectivity index (χ3n) is 4.56. The Morgan fingerprint density at radius 2 is 2.12 bits per heavy atom. The molecule has 2 rings (SSSR count). The lowest BCUT2D eigenvalue weighted by molar-refractivity contribution is 0.568. The van der Waals surface area contributed by atoms with Gasteiger partial charge in [0, 0.05) is 37.0 Å². The van der Waals surface area contributed by atoms with E-state index in [1.807, 2.05) is 26.1 Å². The van der Waals surface area contributed by atoms with Crippen molar-refractivity contribution in [2.24, 2.45) is 5.92 Å². The maximum atomic E-state index is 14.1. The molecule has 0 fully saturated rings. The number of nitrogens with zero attached hydrogens (tertiary/aromatic N) is 2. The summed E-state index contributed by atoms with van der Waals surface area (Å²) in [5.74, 6) is 6.71. The molecule has 0 N–H and O–H groups in total. The Hall–Kier alpha value is -2.34. The van der Waals surface area contributed by atoms with E-state index in [0.29, 0.717) is 5.92 Å². The lowest BCUT2D eigenvalue weighted by Crippen LogP contribution is -2.30. The first-order chi connectivity index (χ1) is 12.6. The van der Waals surface area contributed by atoms with Crippen molar-refractivity contribution in [3.63, 3.8) is 0 Å². The molecule has 2 unspecified atom stereocenters. The largest absolute Gasteiger partial charge is 0.366 e. The zero-order chi connectivity index (χ0) is 18.9. The first-order valence-corrected chi connectivity index (χ1v) is 9.45. The van der Waals surface area contributed by atoms with Crippen LogP contribution in [0.25, 0.3) is 10.9 Å². The Labute approximate surface area is 157 Å². The Kier molecular flexibility index (Phi) is 7.66. The number of hydrogen-bond donors (Lipinski definition) is 0. The summed E-state index contributed by atoms with van der Waals surface area (Å²) in [6, 6.07) is 7.04. The first-order valence-electron chi connectivity index (χ1n) is 9.45. The maximum Gasteiger partial charge on any atom is 0.126 e. The quantitative estimate of drug-likeness (QED) is 0.450. The van der Waals surface area contributed by atoms with Crippen molar-refractivity contribution >= 4 is 16.6 Å². The molecule has 0 saturated carbocycles. The van der Waals surface area contributed by atoms with E-state index in [1.165, 1.54) is 6.07 Å². The minimum absolute atomic E-state index is 0.183. The van der Waals surface area contributed by atoms with Crippen LogP contribution in [-0.2, 0) is 0 Å². The van der Waals surface area contributed by atoms with Crippen LogP contribution in [0.15, 0.2) is 42.6 Å². The number of halogens is 1. The Morgan fingerprint density at radius 3 is 2.85 bits per heavy atom. The lowest BCUT2D eigenvalue weighted by atomic mass is 10.00. The van der Waals surface area contributed by atoms with Gasteiger partial charge in [0.05, 0.1) is 11.2 Å². The van der Waals surface area contributed by atoms with Gasteiger partial charge in [-0.2, -0.15) is 0 Å². The van der Waals surface area contributed by atoms with Gasteiger partial charge in [0.25, 0.3) is 0 Å². The molecule has 1 heterocycles. The smallest absolute Gasteiger partial charge is 0.126 e. The molecule has 2 aromatic rings. The van der Waals surface area contributed by atoms with E-state index in [2.05, 4.69) is 47.7 Å². The summed E-state index contributed by atoms with van der Waals surface area (Å²) in [6.07, 6.45) is 10.0. The van der Waals surface area contributed by atoms with E-state index >= 15 is 0 Å². The Bertz CT molecular complexity index is 801. The molecule has 3 heteroatoms. The van der Waals surface area contributed by atoms with Crippen LogP contribution < -0.4 is 4.90 Å². The molecule has 0 aliphatic carbocycles. The van der Waals surface area contributed by atoms with E-state index in [-0.39, 0.29) is 11.9 Å². The summed E-state index contributed by atoms with van der Waals surface area (Å²) in [4.78, 5) is 6.61. The molecular weight excluding hydrogens is 323 g/mol. The summed E-state index contributed by atoms with van der Waals surface area (Å²) in [7, 11) is 2.01. The summed E-state index contributed by atoms with van der Waals surface area (Å²) in [5, 5.41) is 0.826. The third-order valence-corrected chi connectivity index (χ3v) is 4.56. The van der Waals surface area contributed by atoms with Crippen molar-refractivity contribution in [1.82, 2.24) is 4.98 Å². The number of pyridine rings is 1. The predicted octanol–water partition coefficient (Wildman–Crippen LogP) is 5.97. The molecule has 2 atom stereocenters. The van der Waals surface area contributed by atoms with Gasteiger partial charge in [-0.15, -0.1) is 11.8 Å². The minimum Gasteiger partial charge on any atom is -0.366 e. The molecule has 1 aromatic heterocycles. The molecule has 0 amide bonds. The zero-order valence-electron chi connectivity index (χ0n) is 16.3. The van der Waals surface area contributed by atoms with Crippen LogP contribution in [0, 0.1) is 23.6 Å². The number of allylic oxidation sites excluding steroid dienone is 1. The second-order valence-corrected chi connectivity index (χ2v) is 6.75. The first kappa shape index (κ1) is 20.0. The van der Waals surface area contributed by atoms with Gasteiger partial charge in [-0.25, -0.2) is 4.39 Å². The van der Waals surface area contributed by atoms with Gasteiger partial charge in [-0.1, -0.05) is 32.1 Å². The van der Waals surface area contributed by atoms with Crippen molar-refractivity contribution < 1.29 is 4.39 Å². The highest BCUT2D eigenvalue weighted by Gasteiger charge is 2.17. The number of rotatable bonds is 7. The number of benzene rings is 1.